The second kappa shape index (κ2) is 5.30. The van der Waals surface area contributed by atoms with Gasteiger partial charge < -0.3 is 11.1 Å². The summed E-state index contributed by atoms with van der Waals surface area (Å²) in [6.45, 7) is 5.99. The first kappa shape index (κ1) is 13.7. The van der Waals surface area contributed by atoms with E-state index in [0.717, 1.165) is 0 Å². The summed E-state index contributed by atoms with van der Waals surface area (Å²) >= 11 is 1.34. The Morgan fingerprint density at radius 3 is 2.82 bits per heavy atom. The van der Waals surface area contributed by atoms with Crippen LogP contribution in [0.3, 0.4) is 0 Å². The van der Waals surface area contributed by atoms with Crippen LogP contribution in [0.25, 0.3) is 0 Å². The molecule has 4 nitrogen and oxygen atoms in total. The second-order valence-electron chi connectivity index (χ2n) is 5.00. The summed E-state index contributed by atoms with van der Waals surface area (Å²) in [7, 11) is 0. The van der Waals surface area contributed by atoms with Gasteiger partial charge in [-0.15, -0.1) is 11.3 Å². The molecule has 92 valence electrons. The summed E-state index contributed by atoms with van der Waals surface area (Å²) in [6.07, 6.45) is 0.256. The Kier molecular flexibility index (Phi) is 4.27. The van der Waals surface area contributed by atoms with E-state index in [0.29, 0.717) is 10.6 Å². The summed E-state index contributed by atoms with van der Waals surface area (Å²) in [5.41, 5.74) is 6.32. The molecule has 0 spiro atoms. The molecule has 17 heavy (non-hydrogen) atoms. The first-order valence-corrected chi connectivity index (χ1v) is 6.25. The van der Waals surface area contributed by atoms with Crippen LogP contribution in [-0.4, -0.2) is 11.9 Å². The Morgan fingerprint density at radius 1 is 1.65 bits per heavy atom. The van der Waals surface area contributed by atoms with Crippen molar-refractivity contribution >= 4 is 22.2 Å². The van der Waals surface area contributed by atoms with E-state index in [1.165, 1.54) is 11.3 Å². The van der Waals surface area contributed by atoms with Crippen molar-refractivity contribution < 1.29 is 4.79 Å². The van der Waals surface area contributed by atoms with E-state index < -0.39 is 0 Å². The number of amides is 1. The van der Waals surface area contributed by atoms with Crippen LogP contribution >= 0.6 is 11.3 Å². The van der Waals surface area contributed by atoms with Crippen molar-refractivity contribution in [3.63, 3.8) is 0 Å². The quantitative estimate of drug-likeness (QED) is 0.865. The topological polar surface area (TPSA) is 78.9 Å². The summed E-state index contributed by atoms with van der Waals surface area (Å²) in [4.78, 5) is 11.7. The van der Waals surface area contributed by atoms with Crippen LogP contribution in [-0.2, 0) is 4.79 Å². The normalized spacial score (nSPS) is 12.9. The van der Waals surface area contributed by atoms with Crippen molar-refractivity contribution in [1.82, 2.24) is 0 Å². The number of hydrogen-bond acceptors (Lipinski definition) is 4. The second-order valence-corrected chi connectivity index (χ2v) is 5.92. The van der Waals surface area contributed by atoms with Crippen molar-refractivity contribution in [3.8, 4) is 6.07 Å². The standard InChI is InChI=1S/C12H17N3OS/c1-12(2,3)9(14)6-10(16)15-11-8(7-13)4-5-17-11/h4-5,9H,6,14H2,1-3H3,(H,15,16). The first-order valence-electron chi connectivity index (χ1n) is 5.37. The number of anilines is 1. The van der Waals surface area contributed by atoms with Gasteiger partial charge in [-0.2, -0.15) is 5.26 Å². The number of nitrogens with one attached hydrogen (secondary N) is 1. The Morgan fingerprint density at radius 2 is 2.29 bits per heavy atom. The Hall–Kier alpha value is -1.38. The van der Waals surface area contributed by atoms with Crippen LogP contribution in [0.1, 0.15) is 32.8 Å². The van der Waals surface area contributed by atoms with E-state index in [-0.39, 0.29) is 23.8 Å². The summed E-state index contributed by atoms with van der Waals surface area (Å²) in [6, 6.07) is 3.51. The van der Waals surface area contributed by atoms with Gasteiger partial charge in [0.05, 0.1) is 5.56 Å². The highest BCUT2D eigenvalue weighted by Crippen LogP contribution is 2.24. The van der Waals surface area contributed by atoms with Gasteiger partial charge in [0.25, 0.3) is 0 Å². The Balaban J connectivity index is 2.60. The largest absolute Gasteiger partial charge is 0.327 e. The summed E-state index contributed by atoms with van der Waals surface area (Å²) in [5, 5.41) is 13.9. The van der Waals surface area contributed by atoms with Crippen LogP contribution in [0.4, 0.5) is 5.00 Å². The fourth-order valence-electron chi connectivity index (χ4n) is 1.18. The molecule has 1 amide bonds. The average Bonchev–Trinajstić information content (AvgIpc) is 2.63. The molecule has 0 aliphatic heterocycles. The van der Waals surface area contributed by atoms with Crippen LogP contribution in [0.2, 0.25) is 0 Å². The predicted octanol–water partition coefficient (Wildman–Crippen LogP) is 2.32. The molecule has 5 heteroatoms. The molecule has 1 aromatic rings. The van der Waals surface area contributed by atoms with Gasteiger partial charge in [0.2, 0.25) is 5.91 Å². The molecule has 0 saturated heterocycles. The number of carbonyl (C=O) groups excluding carboxylic acids is 1. The zero-order chi connectivity index (χ0) is 13.1. The van der Waals surface area contributed by atoms with Gasteiger partial charge in [-0.1, -0.05) is 20.8 Å². The minimum absolute atomic E-state index is 0.106. The number of rotatable bonds is 3. The van der Waals surface area contributed by atoms with E-state index in [1.807, 2.05) is 26.8 Å². The van der Waals surface area contributed by atoms with Gasteiger partial charge in [-0.05, 0) is 16.9 Å². The van der Waals surface area contributed by atoms with Crippen molar-refractivity contribution in [2.45, 2.75) is 33.2 Å². The van der Waals surface area contributed by atoms with Crippen molar-refractivity contribution in [2.75, 3.05) is 5.32 Å². The molecule has 0 saturated carbocycles. The van der Waals surface area contributed by atoms with Crippen molar-refractivity contribution in [1.29, 1.82) is 5.26 Å². The lowest BCUT2D eigenvalue weighted by Crippen LogP contribution is -2.38. The number of hydrogen-bond donors (Lipinski definition) is 2. The SMILES string of the molecule is CC(C)(C)C(N)CC(=O)Nc1sccc1C#N. The number of carbonyl (C=O) groups is 1. The molecule has 0 radical (unpaired) electrons. The van der Waals surface area contributed by atoms with Crippen LogP contribution < -0.4 is 11.1 Å². The lowest BCUT2D eigenvalue weighted by atomic mass is 9.85. The van der Waals surface area contributed by atoms with E-state index in [1.54, 1.807) is 11.4 Å². The first-order chi connectivity index (χ1) is 7.84. The molecule has 0 aromatic carbocycles. The third-order valence-electron chi connectivity index (χ3n) is 2.56. The van der Waals surface area contributed by atoms with Gasteiger partial charge in [0, 0.05) is 12.5 Å². The summed E-state index contributed by atoms with van der Waals surface area (Å²) in [5.74, 6) is -0.147. The summed E-state index contributed by atoms with van der Waals surface area (Å²) < 4.78 is 0. The lowest BCUT2D eigenvalue weighted by molar-refractivity contribution is -0.117. The fraction of sp³-hybridized carbons (Fsp3) is 0.500. The van der Waals surface area contributed by atoms with E-state index >= 15 is 0 Å². The van der Waals surface area contributed by atoms with Crippen LogP contribution in [0.5, 0.6) is 0 Å². The minimum atomic E-state index is -0.201. The smallest absolute Gasteiger partial charge is 0.226 e. The Bertz CT molecular complexity index is 439. The van der Waals surface area contributed by atoms with Gasteiger partial charge in [0.1, 0.15) is 11.1 Å². The monoisotopic (exact) mass is 251 g/mol. The van der Waals surface area contributed by atoms with Gasteiger partial charge in [-0.25, -0.2) is 0 Å². The number of thiophene rings is 1. The molecule has 1 atom stereocenters. The van der Waals surface area contributed by atoms with Crippen LogP contribution in [0.15, 0.2) is 11.4 Å². The number of nitriles is 1. The molecule has 0 aliphatic carbocycles. The van der Waals surface area contributed by atoms with E-state index in [4.69, 9.17) is 11.0 Å². The zero-order valence-electron chi connectivity index (χ0n) is 10.3. The molecule has 1 heterocycles. The molecule has 0 aliphatic rings. The predicted molar refractivity (Wildman–Crippen MR) is 69.7 cm³/mol. The molecule has 3 N–H and O–H groups in total. The van der Waals surface area contributed by atoms with Crippen molar-refractivity contribution in [3.05, 3.63) is 17.0 Å². The Labute approximate surface area is 105 Å². The maximum absolute atomic E-state index is 11.7. The highest BCUT2D eigenvalue weighted by atomic mass is 32.1. The molecular weight excluding hydrogens is 234 g/mol. The van der Waals surface area contributed by atoms with E-state index in [2.05, 4.69) is 5.32 Å². The molecule has 0 fully saturated rings. The maximum atomic E-state index is 11.7. The van der Waals surface area contributed by atoms with E-state index in [9.17, 15) is 4.79 Å². The number of nitrogens with zero attached hydrogens (tertiary/aromatic N) is 1. The minimum Gasteiger partial charge on any atom is -0.327 e. The molecule has 1 rings (SSSR count). The van der Waals surface area contributed by atoms with Gasteiger partial charge in [0.15, 0.2) is 0 Å². The molecule has 1 aromatic heterocycles. The zero-order valence-corrected chi connectivity index (χ0v) is 11.1. The van der Waals surface area contributed by atoms with Crippen LogP contribution in [0, 0.1) is 16.7 Å². The highest BCUT2D eigenvalue weighted by molar-refractivity contribution is 7.14. The maximum Gasteiger partial charge on any atom is 0.226 e. The van der Waals surface area contributed by atoms with Gasteiger partial charge in [-0.3, -0.25) is 4.79 Å². The lowest BCUT2D eigenvalue weighted by Gasteiger charge is -2.26. The molecular formula is C12H17N3OS. The number of nitrogens with two attached hydrogens (primary N) is 1. The molecule has 0 bridgehead atoms. The third-order valence-corrected chi connectivity index (χ3v) is 3.39. The van der Waals surface area contributed by atoms with Gasteiger partial charge >= 0.3 is 0 Å². The molecule has 1 unspecified atom stereocenters. The highest BCUT2D eigenvalue weighted by Gasteiger charge is 2.23. The third kappa shape index (κ3) is 3.84. The fourth-order valence-corrected chi connectivity index (χ4v) is 1.93. The average molecular weight is 251 g/mol. The van der Waals surface area contributed by atoms with Crippen molar-refractivity contribution in [2.24, 2.45) is 11.1 Å².